The van der Waals surface area contributed by atoms with Gasteiger partial charge in [0, 0.05) is 12.6 Å². The molecule has 0 saturated heterocycles. The molecular formula is C6H9F2N3. The molecule has 0 unspecified atom stereocenters. The van der Waals surface area contributed by atoms with Crippen LogP contribution in [0.5, 0.6) is 0 Å². The van der Waals surface area contributed by atoms with Gasteiger partial charge in [0.1, 0.15) is 5.69 Å². The second-order valence-corrected chi connectivity index (χ2v) is 2.21. The molecular weight excluding hydrogens is 152 g/mol. The maximum absolute atomic E-state index is 12.8. The maximum atomic E-state index is 12.8. The molecule has 0 aromatic carbocycles. The number of aromatic amines is 1. The second-order valence-electron chi connectivity index (χ2n) is 2.21. The topological polar surface area (TPSA) is 54.7 Å². The molecule has 0 spiro atoms. The van der Waals surface area contributed by atoms with Crippen molar-refractivity contribution in [2.45, 2.75) is 12.3 Å². The predicted molar refractivity (Wildman–Crippen MR) is 36.2 cm³/mol. The van der Waals surface area contributed by atoms with Crippen LogP contribution in [0.15, 0.2) is 12.3 Å². The number of hydrogen-bond acceptors (Lipinski definition) is 2. The second kappa shape index (κ2) is 2.96. The minimum atomic E-state index is -2.87. The van der Waals surface area contributed by atoms with E-state index in [1.165, 1.54) is 12.3 Å². The Balaban J connectivity index is 2.73. The van der Waals surface area contributed by atoms with Crippen molar-refractivity contribution >= 4 is 0 Å². The van der Waals surface area contributed by atoms with Crippen LogP contribution in [0.3, 0.4) is 0 Å². The number of H-pyrrole nitrogens is 1. The highest BCUT2D eigenvalue weighted by atomic mass is 19.3. The first-order valence-electron chi connectivity index (χ1n) is 3.24. The first kappa shape index (κ1) is 8.13. The average molecular weight is 161 g/mol. The summed E-state index contributed by atoms with van der Waals surface area (Å²) in [7, 11) is 0. The molecule has 1 rings (SSSR count). The molecule has 5 heteroatoms. The Kier molecular flexibility index (Phi) is 2.19. The molecule has 0 saturated carbocycles. The van der Waals surface area contributed by atoms with Crippen molar-refractivity contribution in [1.82, 2.24) is 10.2 Å². The summed E-state index contributed by atoms with van der Waals surface area (Å²) in [6.45, 7) is -0.0357. The van der Waals surface area contributed by atoms with E-state index in [1.807, 2.05) is 0 Å². The van der Waals surface area contributed by atoms with Crippen LogP contribution in [-0.2, 0) is 5.92 Å². The van der Waals surface area contributed by atoms with Crippen molar-refractivity contribution in [2.24, 2.45) is 5.73 Å². The molecule has 0 fully saturated rings. The Labute approximate surface area is 62.6 Å². The van der Waals surface area contributed by atoms with Crippen LogP contribution >= 0.6 is 0 Å². The lowest BCUT2D eigenvalue weighted by atomic mass is 10.2. The summed E-state index contributed by atoms with van der Waals surface area (Å²) in [5.74, 6) is -2.87. The van der Waals surface area contributed by atoms with Crippen molar-refractivity contribution in [1.29, 1.82) is 0 Å². The minimum absolute atomic E-state index is 0.0357. The molecule has 0 aliphatic rings. The van der Waals surface area contributed by atoms with Crippen molar-refractivity contribution in [3.05, 3.63) is 18.0 Å². The van der Waals surface area contributed by atoms with E-state index in [9.17, 15) is 8.78 Å². The molecule has 3 N–H and O–H groups in total. The Morgan fingerprint density at radius 2 is 2.36 bits per heavy atom. The van der Waals surface area contributed by atoms with Crippen LogP contribution in [0.1, 0.15) is 12.1 Å². The van der Waals surface area contributed by atoms with Crippen LogP contribution in [0.2, 0.25) is 0 Å². The van der Waals surface area contributed by atoms with Gasteiger partial charge in [-0.15, -0.1) is 0 Å². The lowest BCUT2D eigenvalue weighted by Gasteiger charge is -2.11. The quantitative estimate of drug-likeness (QED) is 0.690. The van der Waals surface area contributed by atoms with E-state index in [2.05, 4.69) is 10.2 Å². The first-order chi connectivity index (χ1) is 5.17. The summed E-state index contributed by atoms with van der Waals surface area (Å²) in [5.41, 5.74) is 4.83. The average Bonchev–Trinajstić information content (AvgIpc) is 2.37. The summed E-state index contributed by atoms with van der Waals surface area (Å²) in [6, 6.07) is 1.25. The molecule has 0 atom stereocenters. The molecule has 62 valence electrons. The van der Waals surface area contributed by atoms with Gasteiger partial charge in [-0.05, 0) is 12.6 Å². The molecule has 1 aromatic rings. The Morgan fingerprint density at radius 3 is 2.82 bits per heavy atom. The highest BCUT2D eigenvalue weighted by molar-refractivity contribution is 5.05. The van der Waals surface area contributed by atoms with E-state index in [0.29, 0.717) is 0 Å². The lowest BCUT2D eigenvalue weighted by molar-refractivity contribution is -0.0151. The zero-order chi connectivity index (χ0) is 8.32. The first-order valence-corrected chi connectivity index (χ1v) is 3.24. The smallest absolute Gasteiger partial charge is 0.290 e. The molecule has 1 aromatic heterocycles. The third kappa shape index (κ3) is 1.74. The summed E-state index contributed by atoms with van der Waals surface area (Å²) in [4.78, 5) is 0. The van der Waals surface area contributed by atoms with Crippen molar-refractivity contribution in [2.75, 3.05) is 6.54 Å². The number of rotatable bonds is 3. The monoisotopic (exact) mass is 161 g/mol. The lowest BCUT2D eigenvalue weighted by Crippen LogP contribution is -2.19. The van der Waals surface area contributed by atoms with Crippen LogP contribution < -0.4 is 5.73 Å². The van der Waals surface area contributed by atoms with Gasteiger partial charge in [-0.1, -0.05) is 0 Å². The fraction of sp³-hybridized carbons (Fsp3) is 0.500. The van der Waals surface area contributed by atoms with Crippen molar-refractivity contribution in [3.8, 4) is 0 Å². The number of halogens is 2. The number of nitrogens with two attached hydrogens (primary N) is 1. The SMILES string of the molecule is NCCC(F)(F)c1ccn[nH]1. The predicted octanol–water partition coefficient (Wildman–Crippen LogP) is 0.850. The van der Waals surface area contributed by atoms with Gasteiger partial charge in [-0.2, -0.15) is 13.9 Å². The summed E-state index contributed by atoms with van der Waals surface area (Å²) < 4.78 is 25.7. The molecule has 11 heavy (non-hydrogen) atoms. The zero-order valence-corrected chi connectivity index (χ0v) is 5.85. The van der Waals surface area contributed by atoms with Gasteiger partial charge in [-0.25, -0.2) is 0 Å². The van der Waals surface area contributed by atoms with Crippen LogP contribution in [-0.4, -0.2) is 16.7 Å². The third-order valence-corrected chi connectivity index (χ3v) is 1.35. The van der Waals surface area contributed by atoms with E-state index in [0.717, 1.165) is 0 Å². The fourth-order valence-electron chi connectivity index (χ4n) is 0.776. The summed E-state index contributed by atoms with van der Waals surface area (Å²) in [5, 5.41) is 5.63. The zero-order valence-electron chi connectivity index (χ0n) is 5.85. The summed E-state index contributed by atoms with van der Waals surface area (Å²) >= 11 is 0. The standard InChI is InChI=1S/C6H9F2N3/c7-6(8,2-3-9)5-1-4-10-11-5/h1,4H,2-3,9H2,(H,10,11). The van der Waals surface area contributed by atoms with Crippen LogP contribution in [0, 0.1) is 0 Å². The van der Waals surface area contributed by atoms with Crippen LogP contribution in [0.25, 0.3) is 0 Å². The number of nitrogens with one attached hydrogen (secondary N) is 1. The van der Waals surface area contributed by atoms with Crippen LogP contribution in [0.4, 0.5) is 8.78 Å². The Morgan fingerprint density at radius 1 is 1.64 bits per heavy atom. The maximum Gasteiger partial charge on any atom is 0.290 e. The number of nitrogens with zero attached hydrogens (tertiary/aromatic N) is 1. The minimum Gasteiger partial charge on any atom is -0.330 e. The third-order valence-electron chi connectivity index (χ3n) is 1.35. The number of alkyl halides is 2. The fourth-order valence-corrected chi connectivity index (χ4v) is 0.776. The normalized spacial score (nSPS) is 11.9. The van der Waals surface area contributed by atoms with Gasteiger partial charge in [-0.3, -0.25) is 5.10 Å². The van der Waals surface area contributed by atoms with Crippen molar-refractivity contribution in [3.63, 3.8) is 0 Å². The number of hydrogen-bond donors (Lipinski definition) is 2. The molecule has 0 aliphatic heterocycles. The van der Waals surface area contributed by atoms with Crippen molar-refractivity contribution < 1.29 is 8.78 Å². The Bertz CT molecular complexity index is 208. The van der Waals surface area contributed by atoms with Gasteiger partial charge in [0.25, 0.3) is 5.92 Å². The van der Waals surface area contributed by atoms with E-state index in [4.69, 9.17) is 5.73 Å². The number of aromatic nitrogens is 2. The molecule has 1 heterocycles. The van der Waals surface area contributed by atoms with Gasteiger partial charge in [0.2, 0.25) is 0 Å². The molecule has 0 radical (unpaired) electrons. The molecule has 3 nitrogen and oxygen atoms in total. The highest BCUT2D eigenvalue weighted by Crippen LogP contribution is 2.28. The van der Waals surface area contributed by atoms with E-state index >= 15 is 0 Å². The van der Waals surface area contributed by atoms with Gasteiger partial charge < -0.3 is 5.73 Å². The largest absolute Gasteiger partial charge is 0.330 e. The van der Waals surface area contributed by atoms with Gasteiger partial charge >= 0.3 is 0 Å². The van der Waals surface area contributed by atoms with Gasteiger partial charge in [0.15, 0.2) is 0 Å². The summed E-state index contributed by atoms with van der Waals surface area (Å²) in [6.07, 6.45) is 0.939. The molecule has 0 bridgehead atoms. The highest BCUT2D eigenvalue weighted by Gasteiger charge is 2.31. The van der Waals surface area contributed by atoms with E-state index in [1.54, 1.807) is 0 Å². The molecule has 0 amide bonds. The molecule has 0 aliphatic carbocycles. The Hall–Kier alpha value is -0.970. The van der Waals surface area contributed by atoms with E-state index in [-0.39, 0.29) is 18.7 Å². The van der Waals surface area contributed by atoms with Gasteiger partial charge in [0.05, 0.1) is 0 Å². The van der Waals surface area contributed by atoms with E-state index < -0.39 is 5.92 Å².